The van der Waals surface area contributed by atoms with Crippen LogP contribution in [0.5, 0.6) is 5.75 Å². The lowest BCUT2D eigenvalue weighted by atomic mass is 10.1. The van der Waals surface area contributed by atoms with Crippen molar-refractivity contribution in [3.63, 3.8) is 0 Å². The van der Waals surface area contributed by atoms with E-state index in [-0.39, 0.29) is 0 Å². The predicted molar refractivity (Wildman–Crippen MR) is 48.6 cm³/mol. The fraction of sp³-hybridized carbons (Fsp3) is 0.333. The van der Waals surface area contributed by atoms with Gasteiger partial charge in [-0.15, -0.1) is 0 Å². The largest absolute Gasteiger partial charge is 0.495 e. The molecule has 0 aliphatic carbocycles. The van der Waals surface area contributed by atoms with Crippen molar-refractivity contribution in [2.24, 2.45) is 0 Å². The molecule has 0 aliphatic rings. The van der Waals surface area contributed by atoms with Crippen LogP contribution in [-0.2, 0) is 0 Å². The quantitative estimate of drug-likeness (QED) is 0.769. The second-order valence-electron chi connectivity index (χ2n) is 2.57. The average molecular weight is 187 g/mol. The predicted octanol–water partition coefficient (Wildman–Crippen LogP) is 2.40. The smallest absolute Gasteiger partial charge is 0.137 e. The number of methoxy groups -OCH3 is 1. The van der Waals surface area contributed by atoms with E-state index in [9.17, 15) is 5.11 Å². The van der Waals surface area contributed by atoms with Gasteiger partial charge in [-0.3, -0.25) is 0 Å². The number of benzene rings is 1. The first-order chi connectivity index (χ1) is 5.65. The minimum Gasteiger partial charge on any atom is -0.495 e. The standard InChI is InChI=1S/C9H11ClO2/c1-6(11)7-3-4-8(10)9(5-7)12-2/h3-6,11H,1-2H3/t6-/m1/s1. The third-order valence-electron chi connectivity index (χ3n) is 1.66. The fourth-order valence-electron chi connectivity index (χ4n) is 0.936. The normalized spacial score (nSPS) is 12.7. The van der Waals surface area contributed by atoms with Crippen molar-refractivity contribution in [2.45, 2.75) is 13.0 Å². The zero-order valence-electron chi connectivity index (χ0n) is 7.04. The Balaban J connectivity index is 3.05. The van der Waals surface area contributed by atoms with E-state index in [0.29, 0.717) is 10.8 Å². The summed E-state index contributed by atoms with van der Waals surface area (Å²) in [6.45, 7) is 1.70. The molecule has 2 nitrogen and oxygen atoms in total. The van der Waals surface area contributed by atoms with Crippen LogP contribution in [0.15, 0.2) is 18.2 Å². The van der Waals surface area contributed by atoms with Gasteiger partial charge in [0.25, 0.3) is 0 Å². The lowest BCUT2D eigenvalue weighted by molar-refractivity contribution is 0.199. The van der Waals surface area contributed by atoms with E-state index in [1.807, 2.05) is 0 Å². The van der Waals surface area contributed by atoms with Gasteiger partial charge in [0.15, 0.2) is 0 Å². The van der Waals surface area contributed by atoms with Crippen LogP contribution in [0.3, 0.4) is 0 Å². The van der Waals surface area contributed by atoms with E-state index in [0.717, 1.165) is 5.56 Å². The summed E-state index contributed by atoms with van der Waals surface area (Å²) in [6.07, 6.45) is -0.490. The Bertz CT molecular complexity index is 271. The third-order valence-corrected chi connectivity index (χ3v) is 1.97. The molecule has 66 valence electrons. The van der Waals surface area contributed by atoms with Crippen LogP contribution in [0.4, 0.5) is 0 Å². The van der Waals surface area contributed by atoms with Crippen molar-refractivity contribution in [3.8, 4) is 5.75 Å². The van der Waals surface area contributed by atoms with Gasteiger partial charge in [0.2, 0.25) is 0 Å². The lowest BCUT2D eigenvalue weighted by Crippen LogP contribution is -1.92. The van der Waals surface area contributed by atoms with Crippen molar-refractivity contribution in [1.82, 2.24) is 0 Å². The van der Waals surface area contributed by atoms with Crippen LogP contribution in [0, 0.1) is 0 Å². The maximum atomic E-state index is 9.24. The summed E-state index contributed by atoms with van der Waals surface area (Å²) < 4.78 is 4.99. The first kappa shape index (κ1) is 9.36. The number of halogens is 1. The van der Waals surface area contributed by atoms with Gasteiger partial charge in [-0.1, -0.05) is 17.7 Å². The second-order valence-corrected chi connectivity index (χ2v) is 2.98. The minimum atomic E-state index is -0.490. The molecule has 0 aromatic heterocycles. The van der Waals surface area contributed by atoms with Crippen molar-refractivity contribution in [2.75, 3.05) is 7.11 Å². The maximum Gasteiger partial charge on any atom is 0.137 e. The van der Waals surface area contributed by atoms with Crippen molar-refractivity contribution < 1.29 is 9.84 Å². The third kappa shape index (κ3) is 1.90. The molecule has 1 rings (SSSR count). The van der Waals surface area contributed by atoms with Gasteiger partial charge in [-0.2, -0.15) is 0 Å². The molecule has 1 atom stereocenters. The van der Waals surface area contributed by atoms with E-state index in [1.54, 1.807) is 32.2 Å². The van der Waals surface area contributed by atoms with Crippen molar-refractivity contribution >= 4 is 11.6 Å². The zero-order valence-corrected chi connectivity index (χ0v) is 7.80. The van der Waals surface area contributed by atoms with Crippen LogP contribution < -0.4 is 4.74 Å². The van der Waals surface area contributed by atoms with E-state index in [1.165, 1.54) is 0 Å². The van der Waals surface area contributed by atoms with Crippen LogP contribution in [0.2, 0.25) is 5.02 Å². The van der Waals surface area contributed by atoms with E-state index in [4.69, 9.17) is 16.3 Å². The lowest BCUT2D eigenvalue weighted by Gasteiger charge is -2.07. The molecule has 0 aliphatic heterocycles. The number of aliphatic hydroxyl groups is 1. The SMILES string of the molecule is COc1cc([C@@H](C)O)ccc1Cl. The van der Waals surface area contributed by atoms with Gasteiger partial charge in [0.1, 0.15) is 5.75 Å². The molecule has 1 aromatic carbocycles. The molecule has 1 N–H and O–H groups in total. The first-order valence-corrected chi connectivity index (χ1v) is 4.04. The molecule has 0 radical (unpaired) electrons. The monoisotopic (exact) mass is 186 g/mol. The van der Waals surface area contributed by atoms with E-state index < -0.39 is 6.10 Å². The Kier molecular flexibility index (Phi) is 2.95. The molecular formula is C9H11ClO2. The number of ether oxygens (including phenoxy) is 1. The zero-order chi connectivity index (χ0) is 9.14. The molecule has 0 bridgehead atoms. The molecule has 12 heavy (non-hydrogen) atoms. The summed E-state index contributed by atoms with van der Waals surface area (Å²) in [7, 11) is 1.55. The second kappa shape index (κ2) is 3.78. The molecule has 0 saturated carbocycles. The Labute approximate surface area is 76.7 Å². The van der Waals surface area contributed by atoms with E-state index in [2.05, 4.69) is 0 Å². The number of hydrogen-bond donors (Lipinski definition) is 1. The summed E-state index contributed by atoms with van der Waals surface area (Å²) in [5.41, 5.74) is 0.802. The molecule has 0 heterocycles. The number of hydrogen-bond acceptors (Lipinski definition) is 2. The Morgan fingerprint density at radius 1 is 1.50 bits per heavy atom. The number of aliphatic hydroxyl groups excluding tert-OH is 1. The molecule has 0 saturated heterocycles. The van der Waals surface area contributed by atoms with Crippen LogP contribution >= 0.6 is 11.6 Å². The molecule has 0 unspecified atom stereocenters. The molecule has 1 aromatic rings. The van der Waals surface area contributed by atoms with Crippen LogP contribution in [-0.4, -0.2) is 12.2 Å². The van der Waals surface area contributed by atoms with Crippen molar-refractivity contribution in [1.29, 1.82) is 0 Å². The summed E-state index contributed by atoms with van der Waals surface area (Å²) in [5.74, 6) is 0.593. The van der Waals surface area contributed by atoms with Gasteiger partial charge < -0.3 is 9.84 Å². The molecular weight excluding hydrogens is 176 g/mol. The van der Waals surface area contributed by atoms with Gasteiger partial charge >= 0.3 is 0 Å². The Hall–Kier alpha value is -0.730. The van der Waals surface area contributed by atoms with Gasteiger partial charge in [0, 0.05) is 0 Å². The minimum absolute atomic E-state index is 0.490. The molecule has 0 amide bonds. The summed E-state index contributed by atoms with van der Waals surface area (Å²) in [6, 6.07) is 5.21. The highest BCUT2D eigenvalue weighted by Gasteiger charge is 2.05. The van der Waals surface area contributed by atoms with Gasteiger partial charge in [-0.05, 0) is 24.6 Å². The molecule has 3 heteroatoms. The molecule has 0 fully saturated rings. The van der Waals surface area contributed by atoms with E-state index >= 15 is 0 Å². The summed E-state index contributed by atoms with van der Waals surface area (Å²) in [4.78, 5) is 0. The summed E-state index contributed by atoms with van der Waals surface area (Å²) >= 11 is 5.79. The molecule has 0 spiro atoms. The average Bonchev–Trinajstić information content (AvgIpc) is 2.05. The van der Waals surface area contributed by atoms with Crippen LogP contribution in [0.1, 0.15) is 18.6 Å². The highest BCUT2D eigenvalue weighted by atomic mass is 35.5. The first-order valence-electron chi connectivity index (χ1n) is 3.66. The van der Waals surface area contributed by atoms with Gasteiger partial charge in [0.05, 0.1) is 18.2 Å². The Morgan fingerprint density at radius 3 is 2.67 bits per heavy atom. The summed E-state index contributed by atoms with van der Waals surface area (Å²) in [5, 5.41) is 9.79. The maximum absolute atomic E-state index is 9.24. The number of rotatable bonds is 2. The fourth-order valence-corrected chi connectivity index (χ4v) is 1.13. The van der Waals surface area contributed by atoms with Crippen molar-refractivity contribution in [3.05, 3.63) is 28.8 Å². The topological polar surface area (TPSA) is 29.5 Å². The highest BCUT2D eigenvalue weighted by molar-refractivity contribution is 6.32. The Morgan fingerprint density at radius 2 is 2.17 bits per heavy atom. The van der Waals surface area contributed by atoms with Crippen LogP contribution in [0.25, 0.3) is 0 Å². The van der Waals surface area contributed by atoms with Gasteiger partial charge in [-0.25, -0.2) is 0 Å². The highest BCUT2D eigenvalue weighted by Crippen LogP contribution is 2.27.